The molecule has 1 fully saturated rings. The maximum absolute atomic E-state index is 13.0. The number of hydrogen-bond acceptors (Lipinski definition) is 7. The van der Waals surface area contributed by atoms with Crippen LogP contribution in [0.15, 0.2) is 56.8 Å². The zero-order chi connectivity index (χ0) is 25.1. The molecule has 1 saturated heterocycles. The van der Waals surface area contributed by atoms with Gasteiger partial charge in [-0.2, -0.15) is 0 Å². The highest BCUT2D eigenvalue weighted by molar-refractivity contribution is 5.83. The van der Waals surface area contributed by atoms with Crippen molar-refractivity contribution in [3.05, 3.63) is 79.2 Å². The zero-order valence-electron chi connectivity index (χ0n) is 19.7. The number of benzene rings is 2. The van der Waals surface area contributed by atoms with Crippen molar-refractivity contribution in [3.8, 4) is 5.75 Å². The number of aromatic amines is 2. The van der Waals surface area contributed by atoms with E-state index in [2.05, 4.69) is 25.5 Å². The topological polar surface area (TPSA) is 119 Å². The minimum Gasteiger partial charge on any atom is -0.494 e. The molecule has 4 N–H and O–H groups in total. The van der Waals surface area contributed by atoms with Crippen LogP contribution in [-0.2, 0) is 0 Å². The molecular formula is C26H28FN5O4. The lowest BCUT2D eigenvalue weighted by Gasteiger charge is -2.32. The maximum atomic E-state index is 13.0. The molecule has 188 valence electrons. The summed E-state index contributed by atoms with van der Waals surface area (Å²) in [5.41, 5.74) is 1.06. The molecule has 36 heavy (non-hydrogen) atoms. The summed E-state index contributed by atoms with van der Waals surface area (Å²) in [6, 6.07) is 11.3. The normalized spacial score (nSPS) is 14.9. The van der Waals surface area contributed by atoms with Crippen molar-refractivity contribution in [1.29, 1.82) is 0 Å². The van der Waals surface area contributed by atoms with E-state index in [4.69, 9.17) is 4.74 Å². The van der Waals surface area contributed by atoms with Crippen LogP contribution >= 0.6 is 0 Å². The third-order valence-corrected chi connectivity index (χ3v) is 6.74. The molecule has 1 aliphatic rings. The maximum Gasteiger partial charge on any atom is 0.323 e. The second-order valence-corrected chi connectivity index (χ2v) is 9.18. The molecule has 9 nitrogen and oxygen atoms in total. The van der Waals surface area contributed by atoms with Gasteiger partial charge in [-0.25, -0.2) is 9.18 Å². The number of hydrogen-bond donors (Lipinski definition) is 4. The van der Waals surface area contributed by atoms with Crippen LogP contribution < -0.4 is 31.9 Å². The molecule has 0 atom stereocenters. The first kappa shape index (κ1) is 23.8. The predicted octanol–water partition coefficient (Wildman–Crippen LogP) is 2.93. The Hall–Kier alpha value is -3.92. The highest BCUT2D eigenvalue weighted by atomic mass is 19.1. The van der Waals surface area contributed by atoms with Gasteiger partial charge >= 0.3 is 5.69 Å². The molecular weight excluding hydrogens is 465 g/mol. The van der Waals surface area contributed by atoms with Gasteiger partial charge < -0.3 is 30.2 Å². The lowest BCUT2D eigenvalue weighted by atomic mass is 9.94. The first-order chi connectivity index (χ1) is 17.5. The minimum atomic E-state index is -0.552. The van der Waals surface area contributed by atoms with Crippen molar-refractivity contribution in [2.24, 2.45) is 5.92 Å². The third kappa shape index (κ3) is 5.33. The first-order valence-electron chi connectivity index (χ1n) is 12.1. The van der Waals surface area contributed by atoms with Gasteiger partial charge in [0.15, 0.2) is 0 Å². The molecule has 0 radical (unpaired) electrons. The van der Waals surface area contributed by atoms with E-state index >= 15 is 0 Å². The molecule has 0 unspecified atom stereocenters. The Bertz CT molecular complexity index is 1460. The van der Waals surface area contributed by atoms with E-state index in [0.717, 1.165) is 38.9 Å². The highest BCUT2D eigenvalue weighted by Crippen LogP contribution is 2.24. The Kier molecular flexibility index (Phi) is 6.86. The van der Waals surface area contributed by atoms with Crippen LogP contribution in [0, 0.1) is 11.7 Å². The molecule has 0 saturated carbocycles. The van der Waals surface area contributed by atoms with Crippen LogP contribution in [0.5, 0.6) is 5.75 Å². The second kappa shape index (κ2) is 10.4. The van der Waals surface area contributed by atoms with E-state index in [-0.39, 0.29) is 17.2 Å². The van der Waals surface area contributed by atoms with Crippen LogP contribution in [0.1, 0.15) is 19.3 Å². The van der Waals surface area contributed by atoms with E-state index in [1.165, 1.54) is 12.1 Å². The molecule has 4 aromatic rings. The van der Waals surface area contributed by atoms with Gasteiger partial charge in [-0.05, 0) is 80.7 Å². The number of piperidine rings is 1. The number of ether oxygens (including phenoxy) is 1. The van der Waals surface area contributed by atoms with Crippen LogP contribution in [0.2, 0.25) is 0 Å². The number of imidazole rings is 1. The van der Waals surface area contributed by atoms with Gasteiger partial charge in [-0.3, -0.25) is 9.59 Å². The Morgan fingerprint density at radius 3 is 2.44 bits per heavy atom. The number of rotatable bonds is 10. The van der Waals surface area contributed by atoms with E-state index < -0.39 is 10.9 Å². The summed E-state index contributed by atoms with van der Waals surface area (Å²) in [6.07, 6.45) is 3.11. The molecule has 0 bridgehead atoms. The Labute approximate surface area is 206 Å². The van der Waals surface area contributed by atoms with E-state index in [1.807, 2.05) is 0 Å². The van der Waals surface area contributed by atoms with E-state index in [9.17, 15) is 18.8 Å². The highest BCUT2D eigenvalue weighted by Gasteiger charge is 2.22. The number of anilines is 3. The number of halogens is 1. The molecule has 1 aromatic heterocycles. The number of nitrogens with one attached hydrogen (secondary N) is 4. The fourth-order valence-electron chi connectivity index (χ4n) is 4.65. The monoisotopic (exact) mass is 493 g/mol. The molecule has 0 amide bonds. The number of H-pyrrole nitrogens is 2. The summed E-state index contributed by atoms with van der Waals surface area (Å²) >= 11 is 0. The number of likely N-dealkylation sites (tertiary alicyclic amines) is 1. The van der Waals surface area contributed by atoms with Crippen molar-refractivity contribution < 1.29 is 9.13 Å². The SMILES string of the molecule is O=c1[nH]c2ccc(Nc3c(NCCN4CCC(CCOc5ccc(F)cc5)CC4)c(=O)c3=O)cc2[nH]1. The fourth-order valence-corrected chi connectivity index (χ4v) is 4.65. The van der Waals surface area contributed by atoms with Crippen molar-refractivity contribution in [2.75, 3.05) is 43.4 Å². The molecule has 0 spiro atoms. The second-order valence-electron chi connectivity index (χ2n) is 9.18. The van der Waals surface area contributed by atoms with Crippen LogP contribution in [-0.4, -0.2) is 47.7 Å². The minimum absolute atomic E-state index is 0.247. The molecule has 10 heteroatoms. The van der Waals surface area contributed by atoms with Gasteiger partial charge in [0, 0.05) is 18.8 Å². The average Bonchev–Trinajstić information content (AvgIpc) is 3.26. The summed E-state index contributed by atoms with van der Waals surface area (Å²) in [6.45, 7) is 3.88. The summed E-state index contributed by atoms with van der Waals surface area (Å²) in [4.78, 5) is 43.4. The quantitative estimate of drug-likeness (QED) is 0.251. The van der Waals surface area contributed by atoms with Crippen LogP contribution in [0.25, 0.3) is 11.0 Å². The van der Waals surface area contributed by atoms with E-state index in [0.29, 0.717) is 47.2 Å². The molecule has 0 aliphatic carbocycles. The van der Waals surface area contributed by atoms with Crippen molar-refractivity contribution >= 4 is 28.1 Å². The van der Waals surface area contributed by atoms with E-state index in [1.54, 1.807) is 30.3 Å². The third-order valence-electron chi connectivity index (χ3n) is 6.74. The Morgan fingerprint density at radius 1 is 0.944 bits per heavy atom. The standard InChI is InChI=1S/C26H28FN5O4/c27-17-1-4-19(5-2-17)36-14-9-16-7-11-32(12-8-16)13-10-28-22-23(25(34)24(22)33)29-18-3-6-20-21(15-18)31-26(35)30-20/h1-6,15-16,28-29H,7-14H2,(H2,30,31,35). The first-order valence-corrected chi connectivity index (χ1v) is 12.1. The molecule has 3 aromatic carbocycles. The lowest BCUT2D eigenvalue weighted by molar-refractivity contribution is 0.167. The predicted molar refractivity (Wildman–Crippen MR) is 138 cm³/mol. The molecule has 5 rings (SSSR count). The summed E-state index contributed by atoms with van der Waals surface area (Å²) in [5.74, 6) is 1.01. The fraction of sp³-hybridized carbons (Fsp3) is 0.346. The summed E-state index contributed by atoms with van der Waals surface area (Å²) in [7, 11) is 0. The smallest absolute Gasteiger partial charge is 0.323 e. The molecule has 2 heterocycles. The Morgan fingerprint density at radius 2 is 1.67 bits per heavy atom. The number of fused-ring (bicyclic) bond motifs is 1. The Balaban J connectivity index is 1.05. The summed E-state index contributed by atoms with van der Waals surface area (Å²) in [5, 5.41) is 6.13. The van der Waals surface area contributed by atoms with Crippen molar-refractivity contribution in [1.82, 2.24) is 14.9 Å². The molecule has 1 aliphatic heterocycles. The van der Waals surface area contributed by atoms with Gasteiger partial charge in [0.25, 0.3) is 10.9 Å². The van der Waals surface area contributed by atoms with Crippen LogP contribution in [0.3, 0.4) is 0 Å². The largest absolute Gasteiger partial charge is 0.494 e. The van der Waals surface area contributed by atoms with Gasteiger partial charge in [-0.15, -0.1) is 0 Å². The van der Waals surface area contributed by atoms with Gasteiger partial charge in [-0.1, -0.05) is 0 Å². The van der Waals surface area contributed by atoms with Crippen molar-refractivity contribution in [3.63, 3.8) is 0 Å². The average molecular weight is 494 g/mol. The van der Waals surface area contributed by atoms with Crippen molar-refractivity contribution in [2.45, 2.75) is 19.3 Å². The van der Waals surface area contributed by atoms with Gasteiger partial charge in [0.05, 0.1) is 17.6 Å². The number of nitrogens with zero attached hydrogens (tertiary/aromatic N) is 1. The lowest BCUT2D eigenvalue weighted by Crippen LogP contribution is -2.40. The number of aromatic nitrogens is 2. The van der Waals surface area contributed by atoms with Gasteiger partial charge in [0.1, 0.15) is 22.9 Å². The zero-order valence-corrected chi connectivity index (χ0v) is 19.7. The van der Waals surface area contributed by atoms with Gasteiger partial charge in [0.2, 0.25) is 0 Å². The van der Waals surface area contributed by atoms with Crippen LogP contribution in [0.4, 0.5) is 21.5 Å². The summed E-state index contributed by atoms with van der Waals surface area (Å²) < 4.78 is 18.7.